The van der Waals surface area contributed by atoms with Crippen molar-refractivity contribution in [2.24, 2.45) is 5.73 Å². The van der Waals surface area contributed by atoms with E-state index < -0.39 is 0 Å². The number of aryl methyl sites for hydroxylation is 1. The molecule has 0 amide bonds. The van der Waals surface area contributed by atoms with Crippen molar-refractivity contribution in [3.8, 4) is 0 Å². The van der Waals surface area contributed by atoms with E-state index in [1.807, 2.05) is 13.3 Å². The molecular formula is C14H27N3. The van der Waals surface area contributed by atoms with Crippen molar-refractivity contribution in [1.29, 1.82) is 0 Å². The van der Waals surface area contributed by atoms with Gasteiger partial charge in [-0.05, 0) is 13.3 Å². The molecular weight excluding hydrogens is 210 g/mol. The molecule has 1 heterocycles. The summed E-state index contributed by atoms with van der Waals surface area (Å²) in [5.74, 6) is 0. The SMILES string of the molecule is CCCCCCCCn1cnc(CC(C)N)c1. The molecule has 0 saturated heterocycles. The topological polar surface area (TPSA) is 43.8 Å². The predicted molar refractivity (Wildman–Crippen MR) is 73.0 cm³/mol. The van der Waals surface area contributed by atoms with Gasteiger partial charge in [0.25, 0.3) is 0 Å². The van der Waals surface area contributed by atoms with Crippen LogP contribution in [0.1, 0.15) is 58.1 Å². The summed E-state index contributed by atoms with van der Waals surface area (Å²) in [6, 6.07) is 0.201. The Hall–Kier alpha value is -0.830. The molecule has 98 valence electrons. The van der Waals surface area contributed by atoms with E-state index in [-0.39, 0.29) is 6.04 Å². The van der Waals surface area contributed by atoms with Gasteiger partial charge in [-0.3, -0.25) is 0 Å². The number of imidazole rings is 1. The van der Waals surface area contributed by atoms with Gasteiger partial charge in [0, 0.05) is 25.2 Å². The number of unbranched alkanes of at least 4 members (excludes halogenated alkanes) is 5. The van der Waals surface area contributed by atoms with Gasteiger partial charge < -0.3 is 10.3 Å². The monoisotopic (exact) mass is 237 g/mol. The van der Waals surface area contributed by atoms with Gasteiger partial charge in [0.15, 0.2) is 0 Å². The van der Waals surface area contributed by atoms with Crippen LogP contribution in [0.4, 0.5) is 0 Å². The van der Waals surface area contributed by atoms with E-state index in [2.05, 4.69) is 22.7 Å². The largest absolute Gasteiger partial charge is 0.337 e. The molecule has 0 radical (unpaired) electrons. The van der Waals surface area contributed by atoms with Crippen LogP contribution >= 0.6 is 0 Å². The van der Waals surface area contributed by atoms with Crippen molar-refractivity contribution in [2.45, 2.75) is 71.4 Å². The average molecular weight is 237 g/mol. The van der Waals surface area contributed by atoms with E-state index in [0.717, 1.165) is 18.7 Å². The first kappa shape index (κ1) is 14.2. The van der Waals surface area contributed by atoms with Crippen molar-refractivity contribution in [2.75, 3.05) is 0 Å². The summed E-state index contributed by atoms with van der Waals surface area (Å²) in [5, 5.41) is 0. The third kappa shape index (κ3) is 6.47. The van der Waals surface area contributed by atoms with Gasteiger partial charge in [0.05, 0.1) is 12.0 Å². The summed E-state index contributed by atoms with van der Waals surface area (Å²) in [5.41, 5.74) is 6.87. The molecule has 1 aromatic rings. The number of hydrogen-bond donors (Lipinski definition) is 1. The van der Waals surface area contributed by atoms with E-state index in [1.54, 1.807) is 0 Å². The maximum atomic E-state index is 5.75. The first-order valence-corrected chi connectivity index (χ1v) is 6.98. The number of nitrogens with two attached hydrogens (primary N) is 1. The fourth-order valence-corrected chi connectivity index (χ4v) is 2.04. The lowest BCUT2D eigenvalue weighted by Gasteiger charge is -2.02. The Morgan fingerprint density at radius 2 is 1.94 bits per heavy atom. The number of rotatable bonds is 9. The Labute approximate surface area is 105 Å². The van der Waals surface area contributed by atoms with E-state index in [0.29, 0.717) is 0 Å². The molecule has 1 unspecified atom stereocenters. The summed E-state index contributed by atoms with van der Waals surface area (Å²) in [7, 11) is 0. The second-order valence-electron chi connectivity index (χ2n) is 5.05. The molecule has 1 rings (SSSR count). The van der Waals surface area contributed by atoms with Crippen LogP contribution in [0.5, 0.6) is 0 Å². The second-order valence-corrected chi connectivity index (χ2v) is 5.05. The maximum absolute atomic E-state index is 5.75. The molecule has 0 bridgehead atoms. The van der Waals surface area contributed by atoms with Crippen LogP contribution in [0, 0.1) is 0 Å². The van der Waals surface area contributed by atoms with Gasteiger partial charge in [0.2, 0.25) is 0 Å². The van der Waals surface area contributed by atoms with E-state index in [4.69, 9.17) is 5.73 Å². The van der Waals surface area contributed by atoms with Crippen LogP contribution in [0.2, 0.25) is 0 Å². The van der Waals surface area contributed by atoms with Gasteiger partial charge in [-0.25, -0.2) is 4.98 Å². The Morgan fingerprint density at radius 3 is 2.65 bits per heavy atom. The summed E-state index contributed by atoms with van der Waals surface area (Å²) in [6.07, 6.45) is 13.0. The summed E-state index contributed by atoms with van der Waals surface area (Å²) < 4.78 is 2.19. The zero-order chi connectivity index (χ0) is 12.5. The molecule has 1 aromatic heterocycles. The van der Waals surface area contributed by atoms with Crippen molar-refractivity contribution < 1.29 is 0 Å². The Morgan fingerprint density at radius 1 is 1.24 bits per heavy atom. The Kier molecular flexibility index (Phi) is 6.94. The fourth-order valence-electron chi connectivity index (χ4n) is 2.04. The van der Waals surface area contributed by atoms with Gasteiger partial charge in [-0.1, -0.05) is 39.0 Å². The Balaban J connectivity index is 2.12. The lowest BCUT2D eigenvalue weighted by atomic mass is 10.1. The van der Waals surface area contributed by atoms with Crippen molar-refractivity contribution >= 4 is 0 Å². The van der Waals surface area contributed by atoms with Gasteiger partial charge >= 0.3 is 0 Å². The minimum absolute atomic E-state index is 0.201. The summed E-state index contributed by atoms with van der Waals surface area (Å²) >= 11 is 0. The average Bonchev–Trinajstić information content (AvgIpc) is 2.70. The van der Waals surface area contributed by atoms with Crippen LogP contribution in [0.15, 0.2) is 12.5 Å². The number of nitrogens with zero attached hydrogens (tertiary/aromatic N) is 2. The van der Waals surface area contributed by atoms with E-state index in [1.165, 1.54) is 38.5 Å². The lowest BCUT2D eigenvalue weighted by Crippen LogP contribution is -2.17. The first-order chi connectivity index (χ1) is 8.22. The quantitative estimate of drug-likeness (QED) is 0.671. The zero-order valence-electron chi connectivity index (χ0n) is 11.4. The molecule has 0 spiro atoms. The second kappa shape index (κ2) is 8.29. The van der Waals surface area contributed by atoms with Gasteiger partial charge in [-0.15, -0.1) is 0 Å². The van der Waals surface area contributed by atoms with E-state index in [9.17, 15) is 0 Å². The first-order valence-electron chi connectivity index (χ1n) is 6.98. The van der Waals surface area contributed by atoms with Crippen LogP contribution in [-0.2, 0) is 13.0 Å². The molecule has 0 aromatic carbocycles. The highest BCUT2D eigenvalue weighted by molar-refractivity contribution is 4.98. The predicted octanol–water partition coefficient (Wildman–Crippen LogP) is 3.13. The summed E-state index contributed by atoms with van der Waals surface area (Å²) in [6.45, 7) is 5.37. The molecule has 1 atom stereocenters. The molecule has 2 N–H and O–H groups in total. The molecule has 3 heteroatoms. The normalized spacial score (nSPS) is 12.9. The smallest absolute Gasteiger partial charge is 0.0949 e. The summed E-state index contributed by atoms with van der Waals surface area (Å²) in [4.78, 5) is 4.37. The molecule has 3 nitrogen and oxygen atoms in total. The minimum atomic E-state index is 0.201. The van der Waals surface area contributed by atoms with Crippen LogP contribution in [0.25, 0.3) is 0 Å². The van der Waals surface area contributed by atoms with Crippen LogP contribution in [0.3, 0.4) is 0 Å². The third-order valence-electron chi connectivity index (χ3n) is 2.99. The highest BCUT2D eigenvalue weighted by Gasteiger charge is 2.01. The third-order valence-corrected chi connectivity index (χ3v) is 2.99. The van der Waals surface area contributed by atoms with Crippen LogP contribution < -0.4 is 5.73 Å². The molecule has 0 aliphatic heterocycles. The van der Waals surface area contributed by atoms with Crippen LogP contribution in [-0.4, -0.2) is 15.6 Å². The van der Waals surface area contributed by atoms with Crippen molar-refractivity contribution in [3.63, 3.8) is 0 Å². The highest BCUT2D eigenvalue weighted by Crippen LogP contribution is 2.07. The minimum Gasteiger partial charge on any atom is -0.337 e. The molecule has 0 aliphatic carbocycles. The lowest BCUT2D eigenvalue weighted by molar-refractivity contribution is 0.557. The van der Waals surface area contributed by atoms with E-state index >= 15 is 0 Å². The number of aromatic nitrogens is 2. The Bertz CT molecular complexity index is 291. The van der Waals surface area contributed by atoms with Crippen molar-refractivity contribution in [1.82, 2.24) is 9.55 Å². The van der Waals surface area contributed by atoms with Gasteiger partial charge in [0.1, 0.15) is 0 Å². The van der Waals surface area contributed by atoms with Crippen molar-refractivity contribution in [3.05, 3.63) is 18.2 Å². The zero-order valence-corrected chi connectivity index (χ0v) is 11.4. The molecule has 0 saturated carbocycles. The number of hydrogen-bond acceptors (Lipinski definition) is 2. The molecule has 17 heavy (non-hydrogen) atoms. The standard InChI is InChI=1S/C14H27N3/c1-3-4-5-6-7-8-9-17-11-14(16-12-17)10-13(2)15/h11-13H,3-10,15H2,1-2H3. The molecule has 0 aliphatic rings. The molecule has 0 fully saturated rings. The van der Waals surface area contributed by atoms with Gasteiger partial charge in [-0.2, -0.15) is 0 Å². The highest BCUT2D eigenvalue weighted by atomic mass is 15.0. The maximum Gasteiger partial charge on any atom is 0.0949 e. The fraction of sp³-hybridized carbons (Fsp3) is 0.786.